The lowest BCUT2D eigenvalue weighted by molar-refractivity contribution is -0.385. The van der Waals surface area contributed by atoms with E-state index < -0.39 is 10.8 Å². The Morgan fingerprint density at radius 3 is 2.60 bits per heavy atom. The first-order valence-corrected chi connectivity index (χ1v) is 15.0. The van der Waals surface area contributed by atoms with Gasteiger partial charge in [0, 0.05) is 17.2 Å². The zero-order valence-corrected chi connectivity index (χ0v) is 24.8. The minimum absolute atomic E-state index is 0.00528. The lowest BCUT2D eigenvalue weighted by atomic mass is 10.1. The maximum Gasteiger partial charge on any atom is 0.273 e. The van der Waals surface area contributed by atoms with Crippen LogP contribution in [0.3, 0.4) is 0 Å². The molecule has 2 heterocycles. The SMILES string of the molecule is CCSc1nnc(NC(=O)CSc2nnc(CNC(=O)c3ccc(C)c([N+](=O)[O-])c3)n2-c2ccc(Cl)c(Cl)c2)s1. The first kappa shape index (κ1) is 29.7. The fraction of sp³-hybridized carbons (Fsp3) is 0.217. The van der Waals surface area contributed by atoms with E-state index in [9.17, 15) is 19.7 Å². The van der Waals surface area contributed by atoms with Crippen molar-refractivity contribution in [2.75, 3.05) is 16.8 Å². The number of nitrogens with one attached hydrogen (secondary N) is 2. The Hall–Kier alpha value is -3.24. The molecule has 0 unspecified atom stereocenters. The van der Waals surface area contributed by atoms with Gasteiger partial charge in [0.25, 0.3) is 11.6 Å². The second-order valence-electron chi connectivity index (χ2n) is 7.92. The van der Waals surface area contributed by atoms with Crippen molar-refractivity contribution in [1.82, 2.24) is 30.3 Å². The van der Waals surface area contributed by atoms with Crippen LogP contribution in [-0.4, -0.2) is 53.2 Å². The van der Waals surface area contributed by atoms with Crippen LogP contribution >= 0.6 is 58.1 Å². The minimum atomic E-state index is -0.541. The fourth-order valence-corrected chi connectivity index (χ4v) is 6.06. The average Bonchev–Trinajstić information content (AvgIpc) is 3.54. The molecule has 0 atom stereocenters. The number of hydrogen-bond donors (Lipinski definition) is 2. The van der Waals surface area contributed by atoms with Crippen LogP contribution in [0.1, 0.15) is 28.7 Å². The highest BCUT2D eigenvalue weighted by molar-refractivity contribution is 8.01. The van der Waals surface area contributed by atoms with E-state index in [0.717, 1.165) is 21.9 Å². The summed E-state index contributed by atoms with van der Waals surface area (Å²) in [6.07, 6.45) is 0. The van der Waals surface area contributed by atoms with Gasteiger partial charge in [-0.1, -0.05) is 71.1 Å². The van der Waals surface area contributed by atoms with E-state index in [0.29, 0.717) is 37.4 Å². The summed E-state index contributed by atoms with van der Waals surface area (Å²) < 4.78 is 2.40. The van der Waals surface area contributed by atoms with Gasteiger partial charge in [0.05, 0.1) is 33.0 Å². The summed E-state index contributed by atoms with van der Waals surface area (Å²) in [5.74, 6) is 0.332. The van der Waals surface area contributed by atoms with E-state index in [4.69, 9.17) is 23.2 Å². The number of aromatic nitrogens is 5. The zero-order valence-electron chi connectivity index (χ0n) is 20.9. The van der Waals surface area contributed by atoms with Gasteiger partial charge in [0.2, 0.25) is 11.0 Å². The molecule has 0 aliphatic carbocycles. The van der Waals surface area contributed by atoms with Crippen LogP contribution in [0.15, 0.2) is 45.9 Å². The number of aryl methyl sites for hydroxylation is 1. The molecule has 0 aliphatic heterocycles. The zero-order chi connectivity index (χ0) is 28.8. The van der Waals surface area contributed by atoms with Crippen molar-refractivity contribution in [3.63, 3.8) is 0 Å². The second-order valence-corrected chi connectivity index (χ2v) is 12.2. The number of nitro groups is 1. The number of nitro benzene ring substituents is 1. The van der Waals surface area contributed by atoms with Crippen LogP contribution in [0.25, 0.3) is 5.69 Å². The number of carbonyl (C=O) groups excluding carboxylic acids is 2. The predicted molar refractivity (Wildman–Crippen MR) is 156 cm³/mol. The highest BCUT2D eigenvalue weighted by Crippen LogP contribution is 2.29. The third-order valence-corrected chi connectivity index (χ3v) is 8.71. The van der Waals surface area contributed by atoms with E-state index in [1.54, 1.807) is 29.7 Å². The summed E-state index contributed by atoms with van der Waals surface area (Å²) in [5, 5.41) is 34.5. The topological polar surface area (TPSA) is 158 Å². The molecular formula is C23H20Cl2N8O4S3. The van der Waals surface area contributed by atoms with E-state index in [2.05, 4.69) is 31.0 Å². The Balaban J connectivity index is 1.52. The molecule has 4 rings (SSSR count). The molecule has 2 N–H and O–H groups in total. The molecule has 0 saturated heterocycles. The number of benzene rings is 2. The maximum atomic E-state index is 12.8. The standard InChI is InChI=1S/C23H20Cl2N8O4S3/c1-3-38-23-31-29-21(40-23)27-19(34)11-39-22-30-28-18(32(22)14-6-7-15(24)16(25)9-14)10-26-20(35)13-5-4-12(2)17(8-13)33(36)37/h4-9H,3,10-11H2,1-2H3,(H,26,35)(H,27,29,34). The van der Waals surface area contributed by atoms with E-state index in [-0.39, 0.29) is 29.5 Å². The van der Waals surface area contributed by atoms with Gasteiger partial charge in [-0.15, -0.1) is 20.4 Å². The number of hydrogen-bond acceptors (Lipinski definition) is 11. The van der Waals surface area contributed by atoms with E-state index >= 15 is 0 Å². The van der Waals surface area contributed by atoms with Gasteiger partial charge in [0.15, 0.2) is 15.3 Å². The quantitative estimate of drug-likeness (QED) is 0.0940. The van der Waals surface area contributed by atoms with Gasteiger partial charge >= 0.3 is 0 Å². The molecule has 40 heavy (non-hydrogen) atoms. The molecule has 208 valence electrons. The largest absolute Gasteiger partial charge is 0.345 e. The number of carbonyl (C=O) groups is 2. The summed E-state index contributed by atoms with van der Waals surface area (Å²) in [6, 6.07) is 9.15. The molecule has 0 aliphatic rings. The number of anilines is 1. The van der Waals surface area contributed by atoms with Crippen LogP contribution in [0.5, 0.6) is 0 Å². The smallest absolute Gasteiger partial charge is 0.273 e. The number of thioether (sulfide) groups is 2. The molecule has 17 heteroatoms. The highest BCUT2D eigenvalue weighted by Gasteiger charge is 2.20. The Kier molecular flexibility index (Phi) is 9.97. The maximum absolute atomic E-state index is 12.8. The number of amides is 2. The van der Waals surface area contributed by atoms with E-state index in [1.165, 1.54) is 41.3 Å². The molecule has 0 fully saturated rings. The molecule has 0 saturated carbocycles. The Morgan fingerprint density at radius 2 is 1.88 bits per heavy atom. The number of nitrogens with zero attached hydrogens (tertiary/aromatic N) is 6. The van der Waals surface area contributed by atoms with Crippen molar-refractivity contribution in [3.05, 3.63) is 73.5 Å². The van der Waals surface area contributed by atoms with Crippen molar-refractivity contribution in [3.8, 4) is 5.69 Å². The molecule has 0 radical (unpaired) electrons. The molecule has 4 aromatic rings. The monoisotopic (exact) mass is 638 g/mol. The fourth-order valence-electron chi connectivity index (χ4n) is 3.33. The Morgan fingerprint density at radius 1 is 1.07 bits per heavy atom. The lowest BCUT2D eigenvalue weighted by Crippen LogP contribution is -2.25. The molecule has 2 amide bonds. The lowest BCUT2D eigenvalue weighted by Gasteiger charge is -2.12. The van der Waals surface area contributed by atoms with Gasteiger partial charge in [-0.05, 0) is 36.9 Å². The van der Waals surface area contributed by atoms with Crippen molar-refractivity contribution in [2.24, 2.45) is 0 Å². The molecule has 0 spiro atoms. The van der Waals surface area contributed by atoms with E-state index in [1.807, 2.05) is 6.92 Å². The summed E-state index contributed by atoms with van der Waals surface area (Å²) in [6.45, 7) is 3.53. The van der Waals surface area contributed by atoms with Crippen molar-refractivity contribution < 1.29 is 14.5 Å². The minimum Gasteiger partial charge on any atom is -0.345 e. The Bertz CT molecular complexity index is 1580. The van der Waals surface area contributed by atoms with Crippen LogP contribution in [0.2, 0.25) is 10.0 Å². The molecule has 12 nitrogen and oxygen atoms in total. The first-order chi connectivity index (χ1) is 19.2. The predicted octanol–water partition coefficient (Wildman–Crippen LogP) is 5.42. The van der Waals surface area contributed by atoms with Gasteiger partial charge in [-0.3, -0.25) is 29.6 Å². The van der Waals surface area contributed by atoms with Crippen molar-refractivity contribution >= 4 is 80.7 Å². The number of rotatable bonds is 11. The Labute approximate surface area is 250 Å². The van der Waals surface area contributed by atoms with Crippen LogP contribution in [-0.2, 0) is 11.3 Å². The highest BCUT2D eigenvalue weighted by atomic mass is 35.5. The normalized spacial score (nSPS) is 10.9. The summed E-state index contributed by atoms with van der Waals surface area (Å²) in [5.41, 5.74) is 0.972. The second kappa shape index (κ2) is 13.4. The van der Waals surface area contributed by atoms with Crippen molar-refractivity contribution in [2.45, 2.75) is 29.9 Å². The average molecular weight is 640 g/mol. The first-order valence-electron chi connectivity index (χ1n) is 11.5. The summed E-state index contributed by atoms with van der Waals surface area (Å²) in [7, 11) is 0. The van der Waals surface area contributed by atoms with Gasteiger partial charge in [-0.25, -0.2) is 0 Å². The van der Waals surface area contributed by atoms with Crippen LogP contribution in [0.4, 0.5) is 10.8 Å². The van der Waals surface area contributed by atoms with Gasteiger partial charge in [-0.2, -0.15) is 0 Å². The van der Waals surface area contributed by atoms with Crippen LogP contribution in [0, 0.1) is 17.0 Å². The molecular weight excluding hydrogens is 619 g/mol. The van der Waals surface area contributed by atoms with Crippen molar-refractivity contribution in [1.29, 1.82) is 0 Å². The molecule has 2 aromatic carbocycles. The molecule has 2 aromatic heterocycles. The van der Waals surface area contributed by atoms with Crippen LogP contribution < -0.4 is 10.6 Å². The summed E-state index contributed by atoms with van der Waals surface area (Å²) >= 11 is 16.3. The van der Waals surface area contributed by atoms with Gasteiger partial charge in [0.1, 0.15) is 0 Å². The molecule has 0 bridgehead atoms. The summed E-state index contributed by atoms with van der Waals surface area (Å²) in [4.78, 5) is 36.1. The third-order valence-electron chi connectivity index (χ3n) is 5.19. The van der Waals surface area contributed by atoms with Gasteiger partial charge < -0.3 is 5.32 Å². The third kappa shape index (κ3) is 7.28. The number of halogens is 2.